The quantitative estimate of drug-likeness (QED) is 0.831. The summed E-state index contributed by atoms with van der Waals surface area (Å²) in [6.07, 6.45) is 1.95. The summed E-state index contributed by atoms with van der Waals surface area (Å²) in [5.41, 5.74) is 2.55. The van der Waals surface area contributed by atoms with Crippen LogP contribution in [0.15, 0.2) is 18.2 Å². The minimum absolute atomic E-state index is 0.101. The molecule has 1 unspecified atom stereocenters. The van der Waals surface area contributed by atoms with E-state index in [2.05, 4.69) is 0 Å². The van der Waals surface area contributed by atoms with Gasteiger partial charge in [-0.15, -0.1) is 0 Å². The largest absolute Gasteiger partial charge is 0.481 e. The lowest BCUT2D eigenvalue weighted by Crippen LogP contribution is -2.09. The van der Waals surface area contributed by atoms with E-state index in [1.54, 1.807) is 6.07 Å². The van der Waals surface area contributed by atoms with Crippen LogP contribution >= 0.6 is 0 Å². The number of hydrogen-bond donors (Lipinski definition) is 1. The molecule has 1 aromatic carbocycles. The number of aliphatic carboxylic acids is 1. The number of carboxylic acids is 1. The highest BCUT2D eigenvalue weighted by Gasteiger charge is 2.28. The van der Waals surface area contributed by atoms with Gasteiger partial charge in [-0.2, -0.15) is 0 Å². The molecule has 1 aliphatic carbocycles. The SMILES string of the molecule is CC(C)CC(=O)c1ccc2c(c1)C(C(=O)O)CC2. The van der Waals surface area contributed by atoms with Crippen molar-refractivity contribution in [3.8, 4) is 0 Å². The highest BCUT2D eigenvalue weighted by molar-refractivity contribution is 5.96. The monoisotopic (exact) mass is 246 g/mol. The Morgan fingerprint density at radius 2 is 2.11 bits per heavy atom. The maximum absolute atomic E-state index is 12.0. The van der Waals surface area contributed by atoms with Crippen molar-refractivity contribution < 1.29 is 14.7 Å². The van der Waals surface area contributed by atoms with E-state index >= 15 is 0 Å². The summed E-state index contributed by atoms with van der Waals surface area (Å²) in [7, 11) is 0. The number of benzene rings is 1. The summed E-state index contributed by atoms with van der Waals surface area (Å²) in [5.74, 6) is -0.807. The van der Waals surface area contributed by atoms with E-state index in [1.807, 2.05) is 26.0 Å². The van der Waals surface area contributed by atoms with Crippen molar-refractivity contribution in [2.24, 2.45) is 5.92 Å². The van der Waals surface area contributed by atoms with Gasteiger partial charge in [0, 0.05) is 12.0 Å². The second kappa shape index (κ2) is 4.92. The highest BCUT2D eigenvalue weighted by Crippen LogP contribution is 2.34. The Labute approximate surface area is 107 Å². The first-order valence-electron chi connectivity index (χ1n) is 6.38. The third-order valence-electron chi connectivity index (χ3n) is 3.44. The third-order valence-corrected chi connectivity index (χ3v) is 3.44. The molecular formula is C15H18O3. The van der Waals surface area contributed by atoms with Crippen LogP contribution in [-0.4, -0.2) is 16.9 Å². The van der Waals surface area contributed by atoms with Crippen LogP contribution in [0.3, 0.4) is 0 Å². The first-order chi connectivity index (χ1) is 8.49. The number of fused-ring (bicyclic) bond motifs is 1. The molecule has 0 heterocycles. The lowest BCUT2D eigenvalue weighted by molar-refractivity contribution is -0.138. The van der Waals surface area contributed by atoms with Crippen LogP contribution < -0.4 is 0 Å². The number of carbonyl (C=O) groups is 2. The average Bonchev–Trinajstić information content (AvgIpc) is 2.70. The molecule has 0 aliphatic heterocycles. The summed E-state index contributed by atoms with van der Waals surface area (Å²) in [6.45, 7) is 4.01. The Bertz CT molecular complexity index is 489. The predicted molar refractivity (Wildman–Crippen MR) is 68.9 cm³/mol. The molecule has 96 valence electrons. The lowest BCUT2D eigenvalue weighted by atomic mass is 9.95. The Kier molecular flexibility index (Phi) is 3.50. The van der Waals surface area contributed by atoms with E-state index in [0.29, 0.717) is 24.3 Å². The van der Waals surface area contributed by atoms with Crippen LogP contribution in [0.2, 0.25) is 0 Å². The molecule has 0 radical (unpaired) electrons. The topological polar surface area (TPSA) is 54.4 Å². The first kappa shape index (κ1) is 12.8. The Balaban J connectivity index is 2.29. The van der Waals surface area contributed by atoms with Gasteiger partial charge in [-0.25, -0.2) is 0 Å². The van der Waals surface area contributed by atoms with Crippen molar-refractivity contribution in [1.29, 1.82) is 0 Å². The van der Waals surface area contributed by atoms with Gasteiger partial charge in [-0.05, 0) is 36.0 Å². The molecule has 1 N–H and O–H groups in total. The molecule has 0 bridgehead atoms. The fourth-order valence-electron chi connectivity index (χ4n) is 2.52. The zero-order valence-corrected chi connectivity index (χ0v) is 10.8. The van der Waals surface area contributed by atoms with Crippen molar-refractivity contribution in [1.82, 2.24) is 0 Å². The second-order valence-corrected chi connectivity index (χ2v) is 5.36. The Morgan fingerprint density at radius 1 is 1.39 bits per heavy atom. The fraction of sp³-hybridized carbons (Fsp3) is 0.467. The molecule has 1 aromatic rings. The van der Waals surface area contributed by atoms with E-state index in [1.165, 1.54) is 0 Å². The molecule has 3 nitrogen and oxygen atoms in total. The van der Waals surface area contributed by atoms with Crippen LogP contribution in [0.5, 0.6) is 0 Å². The molecule has 0 spiro atoms. The molecular weight excluding hydrogens is 228 g/mol. The zero-order valence-electron chi connectivity index (χ0n) is 10.8. The van der Waals surface area contributed by atoms with E-state index in [9.17, 15) is 9.59 Å². The van der Waals surface area contributed by atoms with E-state index in [4.69, 9.17) is 5.11 Å². The molecule has 2 rings (SSSR count). The first-order valence-corrected chi connectivity index (χ1v) is 6.38. The second-order valence-electron chi connectivity index (χ2n) is 5.36. The van der Waals surface area contributed by atoms with Crippen molar-refractivity contribution in [3.63, 3.8) is 0 Å². The van der Waals surface area contributed by atoms with Crippen LogP contribution in [0, 0.1) is 5.92 Å². The third kappa shape index (κ3) is 2.45. The number of hydrogen-bond acceptors (Lipinski definition) is 2. The molecule has 18 heavy (non-hydrogen) atoms. The summed E-state index contributed by atoms with van der Waals surface area (Å²) in [4.78, 5) is 23.1. The molecule has 0 fully saturated rings. The van der Waals surface area contributed by atoms with E-state index < -0.39 is 11.9 Å². The van der Waals surface area contributed by atoms with Crippen molar-refractivity contribution in [2.75, 3.05) is 0 Å². The standard InChI is InChI=1S/C15H18O3/c1-9(2)7-14(16)11-4-3-10-5-6-12(15(17)18)13(10)8-11/h3-4,8-9,12H,5-7H2,1-2H3,(H,17,18). The summed E-state index contributed by atoms with van der Waals surface area (Å²) < 4.78 is 0. The molecule has 0 saturated carbocycles. The van der Waals surface area contributed by atoms with Crippen LogP contribution in [0.1, 0.15) is 54.1 Å². The fourth-order valence-corrected chi connectivity index (χ4v) is 2.52. The van der Waals surface area contributed by atoms with Crippen molar-refractivity contribution in [3.05, 3.63) is 34.9 Å². The molecule has 0 amide bonds. The summed E-state index contributed by atoms with van der Waals surface area (Å²) in [5, 5.41) is 9.15. The molecule has 1 atom stereocenters. The zero-order chi connectivity index (χ0) is 13.3. The van der Waals surface area contributed by atoms with Gasteiger partial charge < -0.3 is 5.11 Å². The highest BCUT2D eigenvalue weighted by atomic mass is 16.4. The predicted octanol–water partition coefficient (Wildman–Crippen LogP) is 3.03. The van der Waals surface area contributed by atoms with Gasteiger partial charge in [0.25, 0.3) is 0 Å². The number of carboxylic acid groups (broad SMARTS) is 1. The molecule has 3 heteroatoms. The van der Waals surface area contributed by atoms with Gasteiger partial charge in [0.05, 0.1) is 5.92 Å². The van der Waals surface area contributed by atoms with Gasteiger partial charge in [0.1, 0.15) is 0 Å². The van der Waals surface area contributed by atoms with Crippen LogP contribution in [-0.2, 0) is 11.2 Å². The summed E-state index contributed by atoms with van der Waals surface area (Å²) >= 11 is 0. The maximum Gasteiger partial charge on any atom is 0.310 e. The number of carbonyl (C=O) groups excluding carboxylic acids is 1. The minimum Gasteiger partial charge on any atom is -0.481 e. The number of rotatable bonds is 4. The number of ketones is 1. The smallest absolute Gasteiger partial charge is 0.310 e. The van der Waals surface area contributed by atoms with E-state index in [-0.39, 0.29) is 5.78 Å². The molecule has 0 saturated heterocycles. The normalized spacial score (nSPS) is 17.8. The lowest BCUT2D eigenvalue weighted by Gasteiger charge is -2.09. The van der Waals surface area contributed by atoms with Gasteiger partial charge in [0.2, 0.25) is 0 Å². The minimum atomic E-state index is -0.790. The maximum atomic E-state index is 12.0. The van der Waals surface area contributed by atoms with Crippen molar-refractivity contribution >= 4 is 11.8 Å². The van der Waals surface area contributed by atoms with E-state index in [0.717, 1.165) is 17.5 Å². The molecule has 1 aliphatic rings. The van der Waals surface area contributed by atoms with Gasteiger partial charge >= 0.3 is 5.97 Å². The average molecular weight is 246 g/mol. The number of Topliss-reactive ketones (excluding diaryl/α,β-unsaturated/α-hetero) is 1. The van der Waals surface area contributed by atoms with Crippen LogP contribution in [0.25, 0.3) is 0 Å². The van der Waals surface area contributed by atoms with Crippen molar-refractivity contribution in [2.45, 2.75) is 39.0 Å². The van der Waals surface area contributed by atoms with Gasteiger partial charge in [-0.3, -0.25) is 9.59 Å². The van der Waals surface area contributed by atoms with Gasteiger partial charge in [-0.1, -0.05) is 26.0 Å². The van der Waals surface area contributed by atoms with Crippen LogP contribution in [0.4, 0.5) is 0 Å². The molecule has 0 aromatic heterocycles. The summed E-state index contributed by atoms with van der Waals surface area (Å²) in [6, 6.07) is 5.52. The van der Waals surface area contributed by atoms with Gasteiger partial charge in [0.15, 0.2) is 5.78 Å². The Hall–Kier alpha value is -1.64. The Morgan fingerprint density at radius 3 is 2.72 bits per heavy atom. The number of aryl methyl sites for hydroxylation is 1.